The van der Waals surface area contributed by atoms with Gasteiger partial charge in [0.15, 0.2) is 0 Å². The highest BCUT2D eigenvalue weighted by molar-refractivity contribution is 7.91. The number of nitrogens with zero attached hydrogens (tertiary/aromatic N) is 1. The number of thiophene rings is 1. The molecule has 0 bridgehead atoms. The zero-order valence-electron chi connectivity index (χ0n) is 22.4. The van der Waals surface area contributed by atoms with Crippen molar-refractivity contribution >= 4 is 38.9 Å². The van der Waals surface area contributed by atoms with E-state index in [0.717, 1.165) is 34.9 Å². The molecule has 2 aromatic carbocycles. The molecule has 0 amide bonds. The van der Waals surface area contributed by atoms with Gasteiger partial charge in [-0.25, -0.2) is 8.42 Å². The highest BCUT2D eigenvalue weighted by atomic mass is 35.5. The molecule has 0 saturated heterocycles. The molecule has 3 aromatic rings. The number of fused-ring (bicyclic) bond motifs is 1. The first-order valence-corrected chi connectivity index (χ1v) is 15.5. The second-order valence-corrected chi connectivity index (χ2v) is 14.9. The maximum atomic E-state index is 13.3. The lowest BCUT2D eigenvalue weighted by Crippen LogP contribution is -2.47. The molecule has 1 aromatic heterocycles. The summed E-state index contributed by atoms with van der Waals surface area (Å²) in [5.41, 5.74) is 4.53. The number of β-amino-alcohol motifs (C(OH)–C–C–N with tert-alkyl or cyclic N) is 1. The number of aliphatic hydroxyl groups excluding tert-OH is 1. The van der Waals surface area contributed by atoms with E-state index in [-0.39, 0.29) is 29.3 Å². The minimum absolute atomic E-state index is 0.0605. The first-order valence-electron chi connectivity index (χ1n) is 12.9. The van der Waals surface area contributed by atoms with E-state index in [1.165, 1.54) is 24.2 Å². The minimum atomic E-state index is -3.87. The minimum Gasteiger partial charge on any atom is -0.481 e. The number of hydrogen-bond donors (Lipinski definition) is 3. The average molecular weight is 591 g/mol. The summed E-state index contributed by atoms with van der Waals surface area (Å²) in [7, 11) is -2.42. The third kappa shape index (κ3) is 7.48. The van der Waals surface area contributed by atoms with Gasteiger partial charge in [-0.3, -0.25) is 4.79 Å². The maximum Gasteiger partial charge on any atom is 0.307 e. The SMILES string of the molecule is CN(CC(O)CNC(C)(C)CC1Cc2ccccc2C1)S(=O)(=O)c1cc(-c2ccc(CC(=O)O)cc2)c(Cl)s1. The number of carboxylic acid groups (broad SMARTS) is 1. The van der Waals surface area contributed by atoms with E-state index < -0.39 is 22.1 Å². The molecule has 0 aliphatic heterocycles. The Kier molecular flexibility index (Phi) is 9.20. The van der Waals surface area contributed by atoms with Crippen LogP contribution in [0.1, 0.15) is 37.0 Å². The zero-order chi connectivity index (χ0) is 28.4. The van der Waals surface area contributed by atoms with Crippen molar-refractivity contribution in [2.24, 2.45) is 5.92 Å². The van der Waals surface area contributed by atoms with Gasteiger partial charge in [-0.15, -0.1) is 11.3 Å². The number of benzene rings is 2. The number of nitrogens with one attached hydrogen (secondary N) is 1. The fourth-order valence-corrected chi connectivity index (χ4v) is 8.43. The largest absolute Gasteiger partial charge is 0.481 e. The van der Waals surface area contributed by atoms with E-state index in [4.69, 9.17) is 16.7 Å². The van der Waals surface area contributed by atoms with Crippen molar-refractivity contribution in [3.63, 3.8) is 0 Å². The van der Waals surface area contributed by atoms with Gasteiger partial charge in [0.2, 0.25) is 0 Å². The molecule has 1 aliphatic rings. The van der Waals surface area contributed by atoms with Crippen LogP contribution in [-0.4, -0.2) is 60.7 Å². The molecule has 39 heavy (non-hydrogen) atoms. The van der Waals surface area contributed by atoms with Crippen LogP contribution in [0.5, 0.6) is 0 Å². The van der Waals surface area contributed by atoms with Gasteiger partial charge in [0.1, 0.15) is 8.55 Å². The second kappa shape index (κ2) is 12.1. The van der Waals surface area contributed by atoms with Gasteiger partial charge < -0.3 is 15.5 Å². The van der Waals surface area contributed by atoms with Crippen LogP contribution in [0.25, 0.3) is 11.1 Å². The monoisotopic (exact) mass is 590 g/mol. The summed E-state index contributed by atoms with van der Waals surface area (Å²) in [5, 5.41) is 23.1. The number of carbonyl (C=O) groups is 1. The number of rotatable bonds is 12. The molecule has 1 unspecified atom stereocenters. The molecule has 10 heteroatoms. The third-order valence-electron chi connectivity index (χ3n) is 7.17. The lowest BCUT2D eigenvalue weighted by molar-refractivity contribution is -0.136. The van der Waals surface area contributed by atoms with E-state index in [1.807, 2.05) is 0 Å². The summed E-state index contributed by atoms with van der Waals surface area (Å²) in [5.74, 6) is -0.385. The number of hydrogen-bond acceptors (Lipinski definition) is 6. The molecule has 0 radical (unpaired) electrons. The van der Waals surface area contributed by atoms with Gasteiger partial charge in [-0.2, -0.15) is 4.31 Å². The van der Waals surface area contributed by atoms with Crippen LogP contribution in [0.4, 0.5) is 0 Å². The molecule has 1 atom stereocenters. The fourth-order valence-electron chi connectivity index (χ4n) is 5.24. The Balaban J connectivity index is 1.33. The first kappa shape index (κ1) is 29.7. The lowest BCUT2D eigenvalue weighted by atomic mass is 9.88. The molecule has 3 N–H and O–H groups in total. The number of halogens is 1. The van der Waals surface area contributed by atoms with Crippen LogP contribution in [0.15, 0.2) is 58.8 Å². The predicted octanol–water partition coefficient (Wildman–Crippen LogP) is 4.85. The van der Waals surface area contributed by atoms with Crippen LogP contribution in [0, 0.1) is 5.92 Å². The molecule has 0 saturated carbocycles. The number of carboxylic acids is 1. The highest BCUT2D eigenvalue weighted by Gasteiger charge is 2.30. The number of aliphatic carboxylic acids is 1. The Hall–Kier alpha value is -2.27. The van der Waals surface area contributed by atoms with E-state index >= 15 is 0 Å². The van der Waals surface area contributed by atoms with Gasteiger partial charge in [-0.05, 0) is 67.3 Å². The quantitative estimate of drug-likeness (QED) is 0.278. The normalized spacial score (nSPS) is 15.0. The van der Waals surface area contributed by atoms with E-state index in [2.05, 4.69) is 43.4 Å². The maximum absolute atomic E-state index is 13.3. The van der Waals surface area contributed by atoms with E-state index in [0.29, 0.717) is 26.9 Å². The molecule has 4 rings (SSSR count). The molecular formula is C29H35ClN2O5S2. The Morgan fingerprint density at radius 1 is 1.15 bits per heavy atom. The van der Waals surface area contributed by atoms with Crippen molar-refractivity contribution in [1.29, 1.82) is 0 Å². The summed E-state index contributed by atoms with van der Waals surface area (Å²) >= 11 is 7.36. The van der Waals surface area contributed by atoms with Crippen molar-refractivity contribution < 1.29 is 23.4 Å². The molecule has 210 valence electrons. The van der Waals surface area contributed by atoms with E-state index in [1.54, 1.807) is 24.3 Å². The van der Waals surface area contributed by atoms with Crippen LogP contribution < -0.4 is 5.32 Å². The first-order chi connectivity index (χ1) is 18.3. The average Bonchev–Trinajstić information content (AvgIpc) is 3.45. The summed E-state index contributed by atoms with van der Waals surface area (Å²) in [6, 6.07) is 16.9. The highest BCUT2D eigenvalue weighted by Crippen LogP contribution is 2.39. The van der Waals surface area contributed by atoms with Crippen LogP contribution in [0.3, 0.4) is 0 Å². The number of likely N-dealkylation sites (N-methyl/N-ethyl adjacent to an activating group) is 1. The van der Waals surface area contributed by atoms with Crippen LogP contribution in [0.2, 0.25) is 4.34 Å². The molecule has 1 heterocycles. The van der Waals surface area contributed by atoms with Crippen molar-refractivity contribution in [2.45, 2.75) is 55.4 Å². The number of sulfonamides is 1. The lowest BCUT2D eigenvalue weighted by Gasteiger charge is -2.31. The van der Waals surface area contributed by atoms with Crippen molar-refractivity contribution in [2.75, 3.05) is 20.1 Å². The Morgan fingerprint density at radius 2 is 1.77 bits per heavy atom. The summed E-state index contributed by atoms with van der Waals surface area (Å²) in [4.78, 5) is 10.9. The number of aliphatic hydroxyl groups is 1. The molecule has 0 fully saturated rings. The second-order valence-electron chi connectivity index (χ2n) is 11.0. The fraction of sp³-hybridized carbons (Fsp3) is 0.414. The summed E-state index contributed by atoms with van der Waals surface area (Å²) in [6.45, 7) is 4.44. The predicted molar refractivity (Wildman–Crippen MR) is 156 cm³/mol. The Labute approximate surface area is 239 Å². The molecule has 0 spiro atoms. The molecular weight excluding hydrogens is 556 g/mol. The van der Waals surface area contributed by atoms with Gasteiger partial charge in [0.05, 0.1) is 12.5 Å². The standard InChI is InChI=1S/C29H35ClN2O5S2/c1-29(2,16-20-12-22-6-4-5-7-23(22)13-20)31-17-24(33)18-32(3)39(36,37)27-15-25(28(30)38-27)21-10-8-19(9-11-21)14-26(34)35/h4-11,15,20,24,31,33H,12-14,16-18H2,1-3H3,(H,34,35). The summed E-state index contributed by atoms with van der Waals surface area (Å²) < 4.78 is 28.1. The van der Waals surface area contributed by atoms with Gasteiger partial charge >= 0.3 is 5.97 Å². The summed E-state index contributed by atoms with van der Waals surface area (Å²) in [6.07, 6.45) is 2.09. The van der Waals surface area contributed by atoms with Gasteiger partial charge in [0, 0.05) is 31.2 Å². The van der Waals surface area contributed by atoms with Crippen molar-refractivity contribution in [3.05, 3.63) is 75.6 Å². The smallest absolute Gasteiger partial charge is 0.307 e. The van der Waals surface area contributed by atoms with Crippen LogP contribution in [-0.2, 0) is 34.1 Å². The van der Waals surface area contributed by atoms with Gasteiger partial charge in [-0.1, -0.05) is 60.1 Å². The Bertz CT molecular complexity index is 1390. The molecule has 1 aliphatic carbocycles. The van der Waals surface area contributed by atoms with Crippen molar-refractivity contribution in [1.82, 2.24) is 9.62 Å². The topological polar surface area (TPSA) is 107 Å². The Morgan fingerprint density at radius 3 is 2.36 bits per heavy atom. The van der Waals surface area contributed by atoms with Gasteiger partial charge in [0.25, 0.3) is 10.0 Å². The molecule has 7 nitrogen and oxygen atoms in total. The van der Waals surface area contributed by atoms with Crippen LogP contribution >= 0.6 is 22.9 Å². The zero-order valence-corrected chi connectivity index (χ0v) is 24.7. The van der Waals surface area contributed by atoms with E-state index in [9.17, 15) is 18.3 Å². The third-order valence-corrected chi connectivity index (χ3v) is 10.8. The van der Waals surface area contributed by atoms with Crippen molar-refractivity contribution in [3.8, 4) is 11.1 Å².